The van der Waals surface area contributed by atoms with E-state index >= 15 is 0 Å². The predicted octanol–water partition coefficient (Wildman–Crippen LogP) is 0.0643. The van der Waals surface area contributed by atoms with E-state index in [0.717, 1.165) is 24.7 Å². The molecule has 2 rings (SSSR count). The van der Waals surface area contributed by atoms with Crippen LogP contribution in [-0.4, -0.2) is 23.3 Å². The molecule has 0 fully saturated rings. The second-order valence-corrected chi connectivity index (χ2v) is 2.90. The predicted molar refractivity (Wildman–Crippen MR) is 45.7 cm³/mol. The Labute approximate surface area is 76.6 Å². The van der Waals surface area contributed by atoms with Crippen LogP contribution in [-0.2, 0) is 29.3 Å². The van der Waals surface area contributed by atoms with Gasteiger partial charge < -0.3 is 14.1 Å². The molecule has 0 aliphatic carbocycles. The smallest absolute Gasteiger partial charge is 0.125 e. The Balaban J connectivity index is 2.12. The number of hydroxylamine groups is 1. The molecular formula is C8H13N3O2. The Kier molecular flexibility index (Phi) is 2.58. The van der Waals surface area contributed by atoms with Crippen molar-refractivity contribution in [3.63, 3.8) is 0 Å². The number of rotatable bonds is 3. The fourth-order valence-corrected chi connectivity index (χ4v) is 1.45. The normalized spacial score (nSPS) is 15.8. The highest BCUT2D eigenvalue weighted by atomic mass is 16.6. The molecule has 1 aromatic rings. The molecule has 5 nitrogen and oxygen atoms in total. The molecular weight excluding hydrogens is 170 g/mol. The second kappa shape index (κ2) is 3.87. The van der Waals surface area contributed by atoms with Crippen molar-refractivity contribution in [2.24, 2.45) is 0 Å². The van der Waals surface area contributed by atoms with Crippen LogP contribution in [0.3, 0.4) is 0 Å². The molecule has 1 aliphatic rings. The van der Waals surface area contributed by atoms with Crippen LogP contribution in [0.15, 0.2) is 6.20 Å². The third-order valence-corrected chi connectivity index (χ3v) is 2.10. The van der Waals surface area contributed by atoms with E-state index in [1.807, 2.05) is 6.20 Å². The van der Waals surface area contributed by atoms with Gasteiger partial charge in [-0.25, -0.2) is 4.98 Å². The summed E-state index contributed by atoms with van der Waals surface area (Å²) in [7, 11) is 1.60. The zero-order valence-corrected chi connectivity index (χ0v) is 7.62. The van der Waals surface area contributed by atoms with Crippen molar-refractivity contribution in [1.82, 2.24) is 15.0 Å². The molecule has 13 heavy (non-hydrogen) atoms. The largest absolute Gasteiger partial charge is 0.373 e. The minimum Gasteiger partial charge on any atom is -0.373 e. The first-order valence-corrected chi connectivity index (χ1v) is 4.28. The number of nitrogens with one attached hydrogen (secondary N) is 1. The van der Waals surface area contributed by atoms with Crippen molar-refractivity contribution in [1.29, 1.82) is 0 Å². The number of fused-ring (bicyclic) bond motifs is 1. The van der Waals surface area contributed by atoms with Gasteiger partial charge in [0, 0.05) is 6.54 Å². The van der Waals surface area contributed by atoms with Crippen molar-refractivity contribution < 1.29 is 9.57 Å². The fourth-order valence-electron chi connectivity index (χ4n) is 1.45. The Hall–Kier alpha value is -0.910. The van der Waals surface area contributed by atoms with Gasteiger partial charge in [0.2, 0.25) is 0 Å². The summed E-state index contributed by atoms with van der Waals surface area (Å²) in [5.74, 6) is 1.00. The summed E-state index contributed by atoms with van der Waals surface area (Å²) in [6.45, 7) is 2.95. The van der Waals surface area contributed by atoms with Crippen molar-refractivity contribution in [2.45, 2.75) is 19.7 Å². The van der Waals surface area contributed by atoms with Crippen LogP contribution in [0, 0.1) is 0 Å². The summed E-state index contributed by atoms with van der Waals surface area (Å²) in [4.78, 5) is 9.05. The fraction of sp³-hybridized carbons (Fsp3) is 0.625. The van der Waals surface area contributed by atoms with Crippen molar-refractivity contribution >= 4 is 0 Å². The topological polar surface area (TPSA) is 48.3 Å². The van der Waals surface area contributed by atoms with Crippen LogP contribution in [0.4, 0.5) is 0 Å². The van der Waals surface area contributed by atoms with Gasteiger partial charge in [0.25, 0.3) is 0 Å². The third kappa shape index (κ3) is 1.72. The van der Waals surface area contributed by atoms with Gasteiger partial charge in [-0.2, -0.15) is 5.48 Å². The standard InChI is InChI=1S/C8H13N3O2/c1-12-10-5-8-9-4-7-6-13-3-2-11(7)8/h4,10H,2-3,5-6H2,1H3. The van der Waals surface area contributed by atoms with E-state index in [0.29, 0.717) is 13.2 Å². The third-order valence-electron chi connectivity index (χ3n) is 2.10. The second-order valence-electron chi connectivity index (χ2n) is 2.90. The number of hydrogen-bond donors (Lipinski definition) is 1. The van der Waals surface area contributed by atoms with Gasteiger partial charge in [0.05, 0.1) is 38.8 Å². The van der Waals surface area contributed by atoms with Crippen molar-refractivity contribution in [2.75, 3.05) is 13.7 Å². The lowest BCUT2D eigenvalue weighted by molar-refractivity contribution is 0.0731. The van der Waals surface area contributed by atoms with E-state index in [1.165, 1.54) is 0 Å². The van der Waals surface area contributed by atoms with Crippen LogP contribution < -0.4 is 5.48 Å². The van der Waals surface area contributed by atoms with Crippen LogP contribution in [0.2, 0.25) is 0 Å². The molecule has 1 N–H and O–H groups in total. The van der Waals surface area contributed by atoms with E-state index in [2.05, 4.69) is 15.0 Å². The summed E-state index contributed by atoms with van der Waals surface area (Å²) in [5.41, 5.74) is 3.91. The molecule has 1 aliphatic heterocycles. The van der Waals surface area contributed by atoms with Gasteiger partial charge in [0.1, 0.15) is 5.82 Å². The molecule has 2 heterocycles. The molecule has 1 aromatic heterocycles. The van der Waals surface area contributed by atoms with Gasteiger partial charge in [-0.05, 0) is 0 Å². The van der Waals surface area contributed by atoms with E-state index < -0.39 is 0 Å². The maximum Gasteiger partial charge on any atom is 0.125 e. The van der Waals surface area contributed by atoms with E-state index in [-0.39, 0.29) is 0 Å². The monoisotopic (exact) mass is 183 g/mol. The first-order valence-electron chi connectivity index (χ1n) is 4.28. The first kappa shape index (κ1) is 8.68. The summed E-state index contributed by atoms with van der Waals surface area (Å²) < 4.78 is 7.46. The average Bonchev–Trinajstić information content (AvgIpc) is 2.58. The first-order chi connectivity index (χ1) is 6.42. The number of nitrogens with zero attached hydrogens (tertiary/aromatic N) is 2. The molecule has 5 heteroatoms. The molecule has 0 atom stereocenters. The minimum atomic E-state index is 0.635. The van der Waals surface area contributed by atoms with E-state index in [4.69, 9.17) is 9.57 Å². The lowest BCUT2D eigenvalue weighted by Gasteiger charge is -2.16. The van der Waals surface area contributed by atoms with Crippen molar-refractivity contribution in [3.8, 4) is 0 Å². The highest BCUT2D eigenvalue weighted by Crippen LogP contribution is 2.11. The number of imidazole rings is 1. The SMILES string of the molecule is CONCc1ncc2n1CCOC2. The van der Waals surface area contributed by atoms with E-state index in [1.54, 1.807) is 7.11 Å². The lowest BCUT2D eigenvalue weighted by atomic mass is 10.4. The van der Waals surface area contributed by atoms with Gasteiger partial charge in [-0.3, -0.25) is 0 Å². The number of hydrogen-bond acceptors (Lipinski definition) is 4. The van der Waals surface area contributed by atoms with Gasteiger partial charge in [-0.15, -0.1) is 0 Å². The molecule has 72 valence electrons. The quantitative estimate of drug-likeness (QED) is 0.673. The molecule has 0 bridgehead atoms. The molecule has 0 radical (unpaired) electrons. The highest BCUT2D eigenvalue weighted by Gasteiger charge is 2.13. The maximum atomic E-state index is 5.30. The molecule has 0 aromatic carbocycles. The Bertz CT molecular complexity index is 285. The zero-order valence-electron chi connectivity index (χ0n) is 7.62. The molecule has 0 unspecified atom stereocenters. The van der Waals surface area contributed by atoms with Gasteiger partial charge >= 0.3 is 0 Å². The van der Waals surface area contributed by atoms with Crippen LogP contribution in [0.1, 0.15) is 11.5 Å². The summed E-state index contributed by atoms with van der Waals surface area (Å²) in [5, 5.41) is 0. The Morgan fingerprint density at radius 2 is 2.69 bits per heavy atom. The number of aromatic nitrogens is 2. The van der Waals surface area contributed by atoms with Crippen molar-refractivity contribution in [3.05, 3.63) is 17.7 Å². The van der Waals surface area contributed by atoms with E-state index in [9.17, 15) is 0 Å². The van der Waals surface area contributed by atoms with Crippen LogP contribution in [0.5, 0.6) is 0 Å². The minimum absolute atomic E-state index is 0.635. The molecule has 0 amide bonds. The molecule has 0 saturated heterocycles. The summed E-state index contributed by atoms with van der Waals surface area (Å²) in [6, 6.07) is 0. The molecule has 0 saturated carbocycles. The average molecular weight is 183 g/mol. The highest BCUT2D eigenvalue weighted by molar-refractivity contribution is 5.05. The maximum absolute atomic E-state index is 5.30. The Morgan fingerprint density at radius 1 is 1.77 bits per heavy atom. The van der Waals surface area contributed by atoms with Gasteiger partial charge in [0.15, 0.2) is 0 Å². The van der Waals surface area contributed by atoms with Crippen LogP contribution in [0.25, 0.3) is 0 Å². The Morgan fingerprint density at radius 3 is 3.54 bits per heavy atom. The van der Waals surface area contributed by atoms with Gasteiger partial charge in [-0.1, -0.05) is 0 Å². The lowest BCUT2D eigenvalue weighted by Crippen LogP contribution is -2.21. The summed E-state index contributed by atoms with van der Waals surface area (Å²) in [6.07, 6.45) is 1.85. The number of ether oxygens (including phenoxy) is 1. The zero-order chi connectivity index (χ0) is 9.10. The molecule has 0 spiro atoms. The van der Waals surface area contributed by atoms with Crippen LogP contribution >= 0.6 is 0 Å². The summed E-state index contributed by atoms with van der Waals surface area (Å²) >= 11 is 0.